The van der Waals surface area contributed by atoms with Crippen molar-refractivity contribution < 1.29 is 23.1 Å². The van der Waals surface area contributed by atoms with Crippen molar-refractivity contribution in [1.82, 2.24) is 15.2 Å². The molecule has 2 N–H and O–H groups in total. The molecule has 29 heavy (non-hydrogen) atoms. The van der Waals surface area contributed by atoms with Crippen molar-refractivity contribution in [2.45, 2.75) is 52.1 Å². The van der Waals surface area contributed by atoms with E-state index >= 15 is 0 Å². The molecule has 1 aromatic carbocycles. The molecule has 2 rings (SSSR count). The maximum Gasteiger partial charge on any atom is 0.424 e. The van der Waals surface area contributed by atoms with Crippen molar-refractivity contribution in [2.75, 3.05) is 13.1 Å². The number of carbonyl (C=O) groups excluding carboxylic acids is 1. The lowest BCUT2D eigenvalue weighted by Gasteiger charge is -2.28. The minimum Gasteiger partial charge on any atom is -0.374 e. The fraction of sp³-hybridized carbons (Fsp3) is 0.500. The monoisotopic (exact) mass is 429 g/mol. The first kappa shape index (κ1) is 23.3. The second-order valence-corrected chi connectivity index (χ2v) is 7.69. The van der Waals surface area contributed by atoms with Crippen molar-refractivity contribution in [1.29, 1.82) is 0 Å². The molecule has 0 saturated heterocycles. The van der Waals surface area contributed by atoms with Crippen LogP contribution in [0.5, 0.6) is 0 Å². The molecule has 0 aliphatic carbocycles. The van der Waals surface area contributed by atoms with Gasteiger partial charge >= 0.3 is 6.18 Å². The summed E-state index contributed by atoms with van der Waals surface area (Å²) in [5, 5.41) is 13.7. The Kier molecular flexibility index (Phi) is 7.79. The van der Waals surface area contributed by atoms with E-state index in [4.69, 9.17) is 0 Å². The third-order valence-corrected chi connectivity index (χ3v) is 5.85. The number of carbonyl (C=O) groups is 1. The number of hydrogen-bond acceptors (Lipinski definition) is 5. The number of benzene rings is 1. The van der Waals surface area contributed by atoms with E-state index in [1.807, 2.05) is 38.1 Å². The van der Waals surface area contributed by atoms with Gasteiger partial charge in [-0.3, -0.25) is 9.69 Å². The van der Waals surface area contributed by atoms with Gasteiger partial charge in [-0.2, -0.15) is 13.2 Å². The summed E-state index contributed by atoms with van der Waals surface area (Å²) in [5.41, 5.74) is -1.12. The Morgan fingerprint density at radius 1 is 1.21 bits per heavy atom. The number of alkyl halides is 3. The van der Waals surface area contributed by atoms with E-state index < -0.39 is 29.1 Å². The fourth-order valence-electron chi connectivity index (χ4n) is 2.90. The summed E-state index contributed by atoms with van der Waals surface area (Å²) >= 11 is 0.687. The van der Waals surface area contributed by atoms with Crippen molar-refractivity contribution in [3.63, 3.8) is 0 Å². The van der Waals surface area contributed by atoms with Crippen LogP contribution in [0, 0.1) is 6.92 Å². The zero-order valence-electron chi connectivity index (χ0n) is 16.7. The van der Waals surface area contributed by atoms with Crippen molar-refractivity contribution in [3.05, 3.63) is 51.5 Å². The highest BCUT2D eigenvalue weighted by atomic mass is 32.1. The quantitative estimate of drug-likeness (QED) is 0.637. The Bertz CT molecular complexity index is 821. The van der Waals surface area contributed by atoms with E-state index in [2.05, 4.69) is 15.2 Å². The molecule has 0 spiro atoms. The molecule has 1 aromatic heterocycles. The van der Waals surface area contributed by atoms with Gasteiger partial charge in [0.15, 0.2) is 0 Å². The van der Waals surface area contributed by atoms with Gasteiger partial charge in [-0.1, -0.05) is 38.1 Å². The molecule has 0 fully saturated rings. The van der Waals surface area contributed by atoms with Crippen molar-refractivity contribution >= 4 is 17.2 Å². The molecule has 1 heterocycles. The predicted octanol–water partition coefficient (Wildman–Crippen LogP) is 3.75. The highest BCUT2D eigenvalue weighted by Gasteiger charge is 2.58. The summed E-state index contributed by atoms with van der Waals surface area (Å²) in [6, 6.07) is 7.47. The molecular weight excluding hydrogens is 403 g/mol. The smallest absolute Gasteiger partial charge is 0.374 e. The van der Waals surface area contributed by atoms with Crippen LogP contribution in [0.1, 0.15) is 42.1 Å². The highest BCUT2D eigenvalue weighted by Crippen LogP contribution is 2.42. The van der Waals surface area contributed by atoms with Crippen LogP contribution >= 0.6 is 11.3 Å². The van der Waals surface area contributed by atoms with Gasteiger partial charge < -0.3 is 10.4 Å². The average Bonchev–Trinajstić information content (AvgIpc) is 3.11. The third kappa shape index (κ3) is 5.77. The van der Waals surface area contributed by atoms with Gasteiger partial charge in [0.2, 0.25) is 11.5 Å². The molecule has 9 heteroatoms. The lowest BCUT2D eigenvalue weighted by molar-refractivity contribution is -0.267. The van der Waals surface area contributed by atoms with E-state index in [1.165, 1.54) is 12.3 Å². The molecule has 1 atom stereocenters. The van der Waals surface area contributed by atoms with E-state index in [-0.39, 0.29) is 6.54 Å². The Hall–Kier alpha value is -1.97. The molecule has 1 unspecified atom stereocenters. The van der Waals surface area contributed by atoms with Crippen LogP contribution in [0.25, 0.3) is 0 Å². The number of nitrogens with one attached hydrogen (secondary N) is 1. The summed E-state index contributed by atoms with van der Waals surface area (Å²) in [6.07, 6.45) is -6.16. The molecule has 0 aliphatic rings. The summed E-state index contributed by atoms with van der Waals surface area (Å²) in [4.78, 5) is 18.3. The number of halogens is 3. The molecule has 1 amide bonds. The summed E-state index contributed by atoms with van der Waals surface area (Å²) < 4.78 is 40.6. The van der Waals surface area contributed by atoms with Crippen LogP contribution in [0.4, 0.5) is 13.2 Å². The van der Waals surface area contributed by atoms with Crippen LogP contribution in [0.2, 0.25) is 0 Å². The Morgan fingerprint density at radius 3 is 2.34 bits per heavy atom. The largest absolute Gasteiger partial charge is 0.424 e. The van der Waals surface area contributed by atoms with Crippen LogP contribution in [0.15, 0.2) is 29.6 Å². The number of aryl methyl sites for hydroxylation is 1. The SMILES string of the molecule is CCN(CC)Cc1ccccc1CNC(=O)CC(O)(c1nc(C)cs1)C(F)(F)F. The van der Waals surface area contributed by atoms with Gasteiger partial charge in [0.05, 0.1) is 6.42 Å². The van der Waals surface area contributed by atoms with Crippen molar-refractivity contribution in [3.8, 4) is 0 Å². The Labute approximate surface area is 172 Å². The van der Waals surface area contributed by atoms with Crippen LogP contribution in [-0.4, -0.2) is 40.2 Å². The number of rotatable bonds is 9. The zero-order chi connectivity index (χ0) is 21.7. The highest BCUT2D eigenvalue weighted by molar-refractivity contribution is 7.09. The second-order valence-electron chi connectivity index (χ2n) is 6.84. The number of aliphatic hydroxyl groups is 1. The predicted molar refractivity (Wildman–Crippen MR) is 106 cm³/mol. The average molecular weight is 430 g/mol. The molecular formula is C20H26F3N3O2S. The zero-order valence-corrected chi connectivity index (χ0v) is 17.5. The second kappa shape index (κ2) is 9.69. The molecule has 0 saturated carbocycles. The number of thiazole rings is 1. The molecule has 0 aliphatic heterocycles. The van der Waals surface area contributed by atoms with E-state index in [0.717, 1.165) is 24.2 Å². The molecule has 5 nitrogen and oxygen atoms in total. The van der Waals surface area contributed by atoms with E-state index in [9.17, 15) is 23.1 Å². The van der Waals surface area contributed by atoms with Crippen LogP contribution in [-0.2, 0) is 23.5 Å². The minimum absolute atomic E-state index is 0.0844. The number of aromatic nitrogens is 1. The standard InChI is InChI=1S/C20H26F3N3O2S/c1-4-26(5-2)12-16-9-7-6-8-15(16)11-24-17(27)10-19(28,20(21,22)23)18-25-14(3)13-29-18/h6-9,13,28H,4-5,10-12H2,1-3H3,(H,24,27). The molecule has 0 radical (unpaired) electrons. The van der Waals surface area contributed by atoms with Gasteiger partial charge in [-0.15, -0.1) is 11.3 Å². The van der Waals surface area contributed by atoms with Gasteiger partial charge in [0.1, 0.15) is 5.01 Å². The molecule has 0 bridgehead atoms. The number of hydrogen-bond donors (Lipinski definition) is 2. The fourth-order valence-corrected chi connectivity index (χ4v) is 3.82. The first-order chi connectivity index (χ1) is 13.6. The van der Waals surface area contributed by atoms with E-state index in [0.29, 0.717) is 23.6 Å². The molecule has 2 aromatic rings. The Morgan fingerprint density at radius 2 is 1.83 bits per heavy atom. The minimum atomic E-state index is -5.02. The summed E-state index contributed by atoms with van der Waals surface area (Å²) in [6.45, 7) is 8.12. The maximum atomic E-state index is 13.5. The van der Waals surface area contributed by atoms with Gasteiger partial charge in [0, 0.05) is 24.2 Å². The Balaban J connectivity index is 2.11. The van der Waals surface area contributed by atoms with Gasteiger partial charge in [-0.25, -0.2) is 4.98 Å². The lowest BCUT2D eigenvalue weighted by atomic mass is 9.99. The number of nitrogens with zero attached hydrogens (tertiary/aromatic N) is 2. The van der Waals surface area contributed by atoms with Crippen molar-refractivity contribution in [2.24, 2.45) is 0 Å². The van der Waals surface area contributed by atoms with Gasteiger partial charge in [-0.05, 0) is 31.1 Å². The summed E-state index contributed by atoms with van der Waals surface area (Å²) in [7, 11) is 0. The lowest BCUT2D eigenvalue weighted by Crippen LogP contribution is -2.46. The first-order valence-electron chi connectivity index (χ1n) is 9.38. The van der Waals surface area contributed by atoms with E-state index in [1.54, 1.807) is 0 Å². The third-order valence-electron chi connectivity index (χ3n) is 4.74. The maximum absolute atomic E-state index is 13.5. The normalized spacial score (nSPS) is 14.1. The van der Waals surface area contributed by atoms with Gasteiger partial charge in [0.25, 0.3) is 0 Å². The first-order valence-corrected chi connectivity index (χ1v) is 10.3. The summed E-state index contributed by atoms with van der Waals surface area (Å²) in [5.74, 6) is -0.893. The number of amides is 1. The molecule has 160 valence electrons. The van der Waals surface area contributed by atoms with Crippen LogP contribution < -0.4 is 5.32 Å². The van der Waals surface area contributed by atoms with Crippen LogP contribution in [0.3, 0.4) is 0 Å². The topological polar surface area (TPSA) is 65.5 Å².